The van der Waals surface area contributed by atoms with E-state index in [1.807, 2.05) is 13.8 Å². The lowest BCUT2D eigenvalue weighted by molar-refractivity contribution is -0.131. The van der Waals surface area contributed by atoms with Gasteiger partial charge in [-0.3, -0.25) is 4.68 Å². The van der Waals surface area contributed by atoms with E-state index in [-0.39, 0.29) is 6.04 Å². The van der Waals surface area contributed by atoms with Gasteiger partial charge in [-0.25, -0.2) is 4.79 Å². The summed E-state index contributed by atoms with van der Waals surface area (Å²) in [5, 5.41) is 12.5. The molecule has 0 aliphatic rings. The second-order valence-corrected chi connectivity index (χ2v) is 2.97. The minimum absolute atomic E-state index is 0.239. The van der Waals surface area contributed by atoms with Gasteiger partial charge in [0.15, 0.2) is 0 Å². The minimum Gasteiger partial charge on any atom is -0.478 e. The molecule has 1 heterocycles. The fourth-order valence-electron chi connectivity index (χ4n) is 1.04. The molecule has 0 unspecified atom stereocenters. The van der Waals surface area contributed by atoms with Gasteiger partial charge in [0.1, 0.15) is 0 Å². The van der Waals surface area contributed by atoms with Gasteiger partial charge in [0.2, 0.25) is 0 Å². The molecule has 1 aromatic heterocycles. The van der Waals surface area contributed by atoms with Crippen molar-refractivity contribution < 1.29 is 9.90 Å². The van der Waals surface area contributed by atoms with Gasteiger partial charge in [0.05, 0.1) is 5.69 Å². The van der Waals surface area contributed by atoms with Crippen LogP contribution in [0.5, 0.6) is 0 Å². The highest BCUT2D eigenvalue weighted by molar-refractivity contribution is 5.84. The average molecular weight is 180 g/mol. The number of carboxylic acids is 1. The Balaban J connectivity index is 2.88. The quantitative estimate of drug-likeness (QED) is 0.718. The molecular formula is C9H12N2O2. The van der Waals surface area contributed by atoms with E-state index in [0.29, 0.717) is 0 Å². The van der Waals surface area contributed by atoms with Crippen LogP contribution >= 0.6 is 0 Å². The van der Waals surface area contributed by atoms with Crippen LogP contribution in [0.2, 0.25) is 0 Å². The molecule has 0 aliphatic carbocycles. The second kappa shape index (κ2) is 3.89. The van der Waals surface area contributed by atoms with Crippen LogP contribution in [0.3, 0.4) is 0 Å². The summed E-state index contributed by atoms with van der Waals surface area (Å²) in [7, 11) is 0. The topological polar surface area (TPSA) is 55.1 Å². The molecule has 1 aromatic rings. The van der Waals surface area contributed by atoms with Crippen LogP contribution in [-0.4, -0.2) is 20.9 Å². The highest BCUT2D eigenvalue weighted by Gasteiger charge is 2.02. The summed E-state index contributed by atoms with van der Waals surface area (Å²) in [6.07, 6.45) is 4.30. The molecule has 0 atom stereocenters. The third kappa shape index (κ3) is 2.43. The van der Waals surface area contributed by atoms with Gasteiger partial charge in [0, 0.05) is 18.3 Å². The summed E-state index contributed by atoms with van der Waals surface area (Å²) in [5.41, 5.74) is 0.803. The standard InChI is InChI=1S/C9H12N2O2/c1-7(2)11-8(5-6-10-11)3-4-9(12)13/h3-7H,1-2H3,(H,12,13)/b4-3+. The molecule has 0 spiro atoms. The zero-order chi connectivity index (χ0) is 9.84. The predicted octanol–water partition coefficient (Wildman–Crippen LogP) is 1.56. The molecule has 0 aromatic carbocycles. The Hall–Kier alpha value is -1.58. The van der Waals surface area contributed by atoms with Gasteiger partial charge in [-0.15, -0.1) is 0 Å². The van der Waals surface area contributed by atoms with Crippen molar-refractivity contribution in [3.63, 3.8) is 0 Å². The molecule has 4 heteroatoms. The van der Waals surface area contributed by atoms with E-state index < -0.39 is 5.97 Å². The largest absolute Gasteiger partial charge is 0.478 e. The third-order valence-corrected chi connectivity index (χ3v) is 1.59. The maximum atomic E-state index is 10.3. The number of rotatable bonds is 3. The van der Waals surface area contributed by atoms with Crippen molar-refractivity contribution in [3.05, 3.63) is 24.0 Å². The first kappa shape index (κ1) is 9.51. The van der Waals surface area contributed by atoms with Crippen LogP contribution < -0.4 is 0 Å². The van der Waals surface area contributed by atoms with Crippen LogP contribution in [0, 0.1) is 0 Å². The van der Waals surface area contributed by atoms with E-state index >= 15 is 0 Å². The fourth-order valence-corrected chi connectivity index (χ4v) is 1.04. The lowest BCUT2D eigenvalue weighted by Gasteiger charge is -2.07. The maximum absolute atomic E-state index is 10.3. The van der Waals surface area contributed by atoms with Crippen molar-refractivity contribution in [3.8, 4) is 0 Å². The zero-order valence-corrected chi connectivity index (χ0v) is 7.64. The minimum atomic E-state index is -0.948. The molecule has 0 radical (unpaired) electrons. The molecule has 0 aliphatic heterocycles. The molecule has 1 rings (SSSR count). The smallest absolute Gasteiger partial charge is 0.328 e. The Bertz CT molecular complexity index is 326. The number of aromatic nitrogens is 2. The Kier molecular flexibility index (Phi) is 2.84. The fraction of sp³-hybridized carbons (Fsp3) is 0.333. The number of carbonyl (C=O) groups is 1. The molecule has 4 nitrogen and oxygen atoms in total. The molecule has 0 fully saturated rings. The third-order valence-electron chi connectivity index (χ3n) is 1.59. The first-order chi connectivity index (χ1) is 6.11. The van der Waals surface area contributed by atoms with Crippen molar-refractivity contribution in [1.29, 1.82) is 0 Å². The number of hydrogen-bond donors (Lipinski definition) is 1. The Morgan fingerprint density at radius 1 is 1.69 bits per heavy atom. The van der Waals surface area contributed by atoms with Crippen molar-refractivity contribution in [2.45, 2.75) is 19.9 Å². The summed E-state index contributed by atoms with van der Waals surface area (Å²) in [6.45, 7) is 3.98. The van der Waals surface area contributed by atoms with E-state index in [9.17, 15) is 4.79 Å². The predicted molar refractivity (Wildman–Crippen MR) is 49.3 cm³/mol. The average Bonchev–Trinajstić information content (AvgIpc) is 2.47. The van der Waals surface area contributed by atoms with Crippen LogP contribution in [0.1, 0.15) is 25.6 Å². The van der Waals surface area contributed by atoms with Crippen molar-refractivity contribution >= 4 is 12.0 Å². The molecular weight excluding hydrogens is 168 g/mol. The van der Waals surface area contributed by atoms with Gasteiger partial charge in [0.25, 0.3) is 0 Å². The number of nitrogens with zero attached hydrogens (tertiary/aromatic N) is 2. The van der Waals surface area contributed by atoms with Crippen molar-refractivity contribution in [1.82, 2.24) is 9.78 Å². The number of hydrogen-bond acceptors (Lipinski definition) is 2. The van der Waals surface area contributed by atoms with Crippen LogP contribution in [0.25, 0.3) is 6.08 Å². The van der Waals surface area contributed by atoms with Gasteiger partial charge >= 0.3 is 5.97 Å². The van der Waals surface area contributed by atoms with E-state index in [4.69, 9.17) is 5.11 Å². The first-order valence-electron chi connectivity index (χ1n) is 4.06. The SMILES string of the molecule is CC(C)n1nccc1/C=C/C(=O)O. The molecule has 70 valence electrons. The second-order valence-electron chi connectivity index (χ2n) is 2.97. The van der Waals surface area contributed by atoms with Crippen molar-refractivity contribution in [2.24, 2.45) is 0 Å². The lowest BCUT2D eigenvalue weighted by atomic mass is 10.3. The molecule has 13 heavy (non-hydrogen) atoms. The van der Waals surface area contributed by atoms with Crippen molar-refractivity contribution in [2.75, 3.05) is 0 Å². The Labute approximate surface area is 76.5 Å². The summed E-state index contributed by atoms with van der Waals surface area (Å²) >= 11 is 0. The summed E-state index contributed by atoms with van der Waals surface area (Å²) < 4.78 is 1.76. The Morgan fingerprint density at radius 2 is 2.38 bits per heavy atom. The number of carboxylic acid groups (broad SMARTS) is 1. The number of aliphatic carboxylic acids is 1. The highest BCUT2D eigenvalue weighted by Crippen LogP contribution is 2.08. The highest BCUT2D eigenvalue weighted by atomic mass is 16.4. The molecule has 0 amide bonds. The first-order valence-corrected chi connectivity index (χ1v) is 4.06. The van der Waals surface area contributed by atoms with E-state index in [1.54, 1.807) is 16.9 Å². The van der Waals surface area contributed by atoms with E-state index in [2.05, 4.69) is 5.10 Å². The van der Waals surface area contributed by atoms with Gasteiger partial charge in [-0.1, -0.05) is 0 Å². The summed E-state index contributed by atoms with van der Waals surface area (Å²) in [5.74, 6) is -0.948. The molecule has 1 N–H and O–H groups in total. The lowest BCUT2D eigenvalue weighted by Crippen LogP contribution is -2.04. The normalized spacial score (nSPS) is 11.3. The summed E-state index contributed by atoms with van der Waals surface area (Å²) in [4.78, 5) is 10.3. The van der Waals surface area contributed by atoms with Crippen LogP contribution in [0.15, 0.2) is 18.3 Å². The van der Waals surface area contributed by atoms with Gasteiger partial charge < -0.3 is 5.11 Å². The maximum Gasteiger partial charge on any atom is 0.328 e. The zero-order valence-electron chi connectivity index (χ0n) is 7.64. The van der Waals surface area contributed by atoms with E-state index in [1.165, 1.54) is 6.08 Å². The Morgan fingerprint density at radius 3 is 2.92 bits per heavy atom. The monoisotopic (exact) mass is 180 g/mol. The van der Waals surface area contributed by atoms with Crippen LogP contribution in [-0.2, 0) is 4.79 Å². The van der Waals surface area contributed by atoms with Gasteiger partial charge in [-0.2, -0.15) is 5.10 Å². The van der Waals surface area contributed by atoms with E-state index in [0.717, 1.165) is 11.8 Å². The summed E-state index contributed by atoms with van der Waals surface area (Å²) in [6, 6.07) is 2.02. The molecule has 0 saturated heterocycles. The van der Waals surface area contributed by atoms with Crippen LogP contribution in [0.4, 0.5) is 0 Å². The van der Waals surface area contributed by atoms with Gasteiger partial charge in [-0.05, 0) is 26.0 Å². The molecule has 0 saturated carbocycles. The molecule has 0 bridgehead atoms.